The molecule has 2 aliphatic rings. The predicted octanol–water partition coefficient (Wildman–Crippen LogP) is 2.80. The molecule has 2 amide bonds. The van der Waals surface area contributed by atoms with E-state index < -0.39 is 0 Å². The number of aryl methyl sites for hydroxylation is 1. The summed E-state index contributed by atoms with van der Waals surface area (Å²) in [6.07, 6.45) is 6.06. The predicted molar refractivity (Wildman–Crippen MR) is 86.7 cm³/mol. The minimum absolute atomic E-state index is 0.0172. The number of benzene rings is 1. The van der Waals surface area contributed by atoms with Gasteiger partial charge in [-0.3, -0.25) is 9.59 Å². The second kappa shape index (κ2) is 6.51. The van der Waals surface area contributed by atoms with Gasteiger partial charge in [-0.25, -0.2) is 0 Å². The van der Waals surface area contributed by atoms with Crippen molar-refractivity contribution < 1.29 is 9.59 Å². The molecule has 2 fully saturated rings. The number of hydrogen-bond donors (Lipinski definition) is 1. The van der Waals surface area contributed by atoms with Crippen molar-refractivity contribution in [3.63, 3.8) is 0 Å². The molecule has 1 aliphatic heterocycles. The maximum atomic E-state index is 12.5. The van der Waals surface area contributed by atoms with Gasteiger partial charge in [-0.2, -0.15) is 0 Å². The summed E-state index contributed by atoms with van der Waals surface area (Å²) >= 11 is 0. The van der Waals surface area contributed by atoms with Crippen molar-refractivity contribution in [1.29, 1.82) is 0 Å². The monoisotopic (exact) mass is 300 g/mol. The van der Waals surface area contributed by atoms with Crippen LogP contribution in [0.1, 0.15) is 44.1 Å². The highest BCUT2D eigenvalue weighted by Gasteiger charge is 2.33. The summed E-state index contributed by atoms with van der Waals surface area (Å²) in [5.74, 6) is 0.573. The fourth-order valence-corrected chi connectivity index (χ4v) is 3.52. The number of anilines is 1. The van der Waals surface area contributed by atoms with Gasteiger partial charge in [-0.1, -0.05) is 30.5 Å². The van der Waals surface area contributed by atoms with E-state index in [1.165, 1.54) is 18.4 Å². The highest BCUT2D eigenvalue weighted by Crippen LogP contribution is 2.28. The molecule has 4 nitrogen and oxygen atoms in total. The first-order chi connectivity index (χ1) is 10.6. The molecule has 1 N–H and O–H groups in total. The number of nitrogens with zero attached hydrogens (tertiary/aromatic N) is 1. The molecule has 1 aliphatic carbocycles. The van der Waals surface area contributed by atoms with E-state index in [0.29, 0.717) is 25.3 Å². The zero-order valence-corrected chi connectivity index (χ0v) is 13.2. The fraction of sp³-hybridized carbons (Fsp3) is 0.556. The lowest BCUT2D eigenvalue weighted by Gasteiger charge is -2.18. The van der Waals surface area contributed by atoms with Gasteiger partial charge in [0.1, 0.15) is 6.04 Å². The van der Waals surface area contributed by atoms with E-state index in [1.54, 1.807) is 4.90 Å². The number of amides is 2. The Morgan fingerprint density at radius 2 is 1.86 bits per heavy atom. The molecule has 4 heteroatoms. The summed E-state index contributed by atoms with van der Waals surface area (Å²) < 4.78 is 0. The zero-order valence-electron chi connectivity index (χ0n) is 13.2. The molecule has 1 aromatic carbocycles. The molecular weight excluding hydrogens is 276 g/mol. The smallest absolute Gasteiger partial charge is 0.249 e. The Bertz CT molecular complexity index is 547. The van der Waals surface area contributed by atoms with E-state index >= 15 is 0 Å². The van der Waals surface area contributed by atoms with Crippen LogP contribution in [0, 0.1) is 12.8 Å². The molecule has 1 saturated carbocycles. The lowest BCUT2D eigenvalue weighted by molar-refractivity contribution is -0.127. The molecule has 3 rings (SSSR count). The quantitative estimate of drug-likeness (QED) is 0.929. The number of nitrogens with one attached hydrogen (secondary N) is 1. The van der Waals surface area contributed by atoms with Crippen molar-refractivity contribution in [2.75, 3.05) is 11.4 Å². The molecule has 1 atom stereocenters. The topological polar surface area (TPSA) is 49.4 Å². The van der Waals surface area contributed by atoms with Gasteiger partial charge in [0.05, 0.1) is 0 Å². The molecule has 0 aromatic heterocycles. The van der Waals surface area contributed by atoms with E-state index in [0.717, 1.165) is 18.5 Å². The van der Waals surface area contributed by atoms with Crippen molar-refractivity contribution in [3.8, 4) is 0 Å². The van der Waals surface area contributed by atoms with Crippen molar-refractivity contribution in [2.45, 2.75) is 51.5 Å². The number of carbonyl (C=O) groups excluding carboxylic acids is 2. The maximum Gasteiger partial charge on any atom is 0.249 e. The lowest BCUT2D eigenvalue weighted by atomic mass is 10.0. The van der Waals surface area contributed by atoms with Crippen molar-refractivity contribution in [2.24, 2.45) is 5.92 Å². The first-order valence-corrected chi connectivity index (χ1v) is 8.31. The third-order valence-corrected chi connectivity index (χ3v) is 4.84. The van der Waals surface area contributed by atoms with Crippen LogP contribution in [-0.2, 0) is 9.59 Å². The summed E-state index contributed by atoms with van der Waals surface area (Å²) in [4.78, 5) is 26.4. The van der Waals surface area contributed by atoms with Gasteiger partial charge in [0.25, 0.3) is 0 Å². The average molecular weight is 300 g/mol. The van der Waals surface area contributed by atoms with E-state index in [2.05, 4.69) is 5.32 Å². The molecular formula is C18H24N2O2. The zero-order chi connectivity index (χ0) is 15.5. The SMILES string of the molecule is Cc1ccc(N2CCC(NC(=O)CC3CCCC3)C2=O)cc1. The van der Waals surface area contributed by atoms with Gasteiger partial charge in [0, 0.05) is 18.7 Å². The Labute approximate surface area is 131 Å². The van der Waals surface area contributed by atoms with Crippen molar-refractivity contribution >= 4 is 17.5 Å². The highest BCUT2D eigenvalue weighted by atomic mass is 16.2. The number of rotatable bonds is 4. The van der Waals surface area contributed by atoms with Gasteiger partial charge in [0.2, 0.25) is 11.8 Å². The van der Waals surface area contributed by atoms with Gasteiger partial charge in [0.15, 0.2) is 0 Å². The van der Waals surface area contributed by atoms with Gasteiger partial charge >= 0.3 is 0 Å². The van der Waals surface area contributed by atoms with E-state index in [4.69, 9.17) is 0 Å². The number of hydrogen-bond acceptors (Lipinski definition) is 2. The Morgan fingerprint density at radius 1 is 1.18 bits per heavy atom. The Balaban J connectivity index is 1.56. The van der Waals surface area contributed by atoms with Crippen LogP contribution in [-0.4, -0.2) is 24.4 Å². The molecule has 1 unspecified atom stereocenters. The summed E-state index contributed by atoms with van der Waals surface area (Å²) in [6, 6.07) is 7.60. The van der Waals surface area contributed by atoms with Gasteiger partial charge < -0.3 is 10.2 Å². The van der Waals surface area contributed by atoms with Crippen molar-refractivity contribution in [1.82, 2.24) is 5.32 Å². The Kier molecular flexibility index (Phi) is 4.46. The first-order valence-electron chi connectivity index (χ1n) is 8.31. The normalized spacial score (nSPS) is 22.3. The van der Waals surface area contributed by atoms with Crippen LogP contribution in [0.25, 0.3) is 0 Å². The largest absolute Gasteiger partial charge is 0.344 e. The Hall–Kier alpha value is -1.84. The molecule has 22 heavy (non-hydrogen) atoms. The molecule has 118 valence electrons. The van der Waals surface area contributed by atoms with Crippen LogP contribution >= 0.6 is 0 Å². The molecule has 1 saturated heterocycles. The van der Waals surface area contributed by atoms with Crippen LogP contribution in [0.15, 0.2) is 24.3 Å². The minimum atomic E-state index is -0.352. The molecule has 1 aromatic rings. The van der Waals surface area contributed by atoms with E-state index in [1.807, 2.05) is 31.2 Å². The maximum absolute atomic E-state index is 12.5. The van der Waals surface area contributed by atoms with Crippen LogP contribution in [0.5, 0.6) is 0 Å². The second-order valence-corrected chi connectivity index (χ2v) is 6.59. The minimum Gasteiger partial charge on any atom is -0.344 e. The standard InChI is InChI=1S/C18H24N2O2/c1-13-6-8-15(9-7-13)20-11-10-16(18(20)22)19-17(21)12-14-4-2-3-5-14/h6-9,14,16H,2-5,10-12H2,1H3,(H,19,21). The average Bonchev–Trinajstić information content (AvgIpc) is 3.11. The van der Waals surface area contributed by atoms with Crippen molar-refractivity contribution in [3.05, 3.63) is 29.8 Å². The lowest BCUT2D eigenvalue weighted by Crippen LogP contribution is -2.42. The molecule has 0 bridgehead atoms. The highest BCUT2D eigenvalue weighted by molar-refractivity contribution is 6.01. The van der Waals surface area contributed by atoms with E-state index in [9.17, 15) is 9.59 Å². The summed E-state index contributed by atoms with van der Waals surface area (Å²) in [7, 11) is 0. The summed E-state index contributed by atoms with van der Waals surface area (Å²) in [5, 5.41) is 2.94. The Morgan fingerprint density at radius 3 is 2.55 bits per heavy atom. The van der Waals surface area contributed by atoms with Crippen LogP contribution < -0.4 is 10.2 Å². The molecule has 1 heterocycles. The molecule has 0 spiro atoms. The van der Waals surface area contributed by atoms with Crippen LogP contribution in [0.4, 0.5) is 5.69 Å². The fourth-order valence-electron chi connectivity index (χ4n) is 3.52. The second-order valence-electron chi connectivity index (χ2n) is 6.59. The number of carbonyl (C=O) groups is 2. The third-order valence-electron chi connectivity index (χ3n) is 4.84. The van der Waals surface area contributed by atoms with Gasteiger partial charge in [-0.05, 0) is 44.2 Å². The third kappa shape index (κ3) is 3.32. The molecule has 0 radical (unpaired) electrons. The first kappa shape index (κ1) is 15.1. The summed E-state index contributed by atoms with van der Waals surface area (Å²) in [6.45, 7) is 2.71. The summed E-state index contributed by atoms with van der Waals surface area (Å²) in [5.41, 5.74) is 2.10. The van der Waals surface area contributed by atoms with Crippen LogP contribution in [0.2, 0.25) is 0 Å². The van der Waals surface area contributed by atoms with Crippen LogP contribution in [0.3, 0.4) is 0 Å². The van der Waals surface area contributed by atoms with Gasteiger partial charge in [-0.15, -0.1) is 0 Å². The van der Waals surface area contributed by atoms with E-state index in [-0.39, 0.29) is 17.9 Å².